The van der Waals surface area contributed by atoms with Crippen molar-refractivity contribution in [1.82, 2.24) is 10.3 Å². The molecule has 4 aromatic rings. The topological polar surface area (TPSA) is 147 Å². The van der Waals surface area contributed by atoms with Crippen molar-refractivity contribution in [3.63, 3.8) is 0 Å². The second-order valence-electron chi connectivity index (χ2n) is 8.19. The van der Waals surface area contributed by atoms with Gasteiger partial charge in [0.1, 0.15) is 11.4 Å². The number of aromatic nitrogens is 1. The molecule has 0 aliphatic carbocycles. The number of aromatic carboxylic acids is 1. The number of rotatable bonds is 8. The van der Waals surface area contributed by atoms with Crippen LogP contribution in [0.4, 0.5) is 10.5 Å². The van der Waals surface area contributed by atoms with Crippen LogP contribution in [0.25, 0.3) is 17.0 Å². The highest BCUT2D eigenvalue weighted by Crippen LogP contribution is 2.33. The minimum atomic E-state index is -1.21. The highest BCUT2D eigenvalue weighted by Gasteiger charge is 2.19. The molecule has 11 heteroatoms. The van der Waals surface area contributed by atoms with E-state index in [2.05, 4.69) is 15.6 Å². The van der Waals surface area contributed by atoms with Crippen LogP contribution < -0.4 is 21.1 Å². The minimum absolute atomic E-state index is 0.121. The van der Waals surface area contributed by atoms with Crippen molar-refractivity contribution in [2.45, 2.75) is 6.04 Å². The molecular formula is C27H22Cl2N4O5. The zero-order chi connectivity index (χ0) is 27.4. The fourth-order valence-electron chi connectivity index (χ4n) is 4.01. The number of carboxylic acids is 1. The SMILES string of the molecule is COc1ccc(C(NC(N)=O)c2ccc(NC(=O)/C=C/c3c(C(=O)O)[nH]c4cc(Cl)cc(Cl)c34)cc2)cc1. The van der Waals surface area contributed by atoms with Crippen molar-refractivity contribution >= 4 is 63.8 Å². The number of carbonyl (C=O) groups excluding carboxylic acids is 2. The Kier molecular flexibility index (Phi) is 7.90. The molecule has 1 heterocycles. The number of nitrogens with one attached hydrogen (secondary N) is 3. The van der Waals surface area contributed by atoms with E-state index in [1.54, 1.807) is 49.6 Å². The minimum Gasteiger partial charge on any atom is -0.497 e. The zero-order valence-electron chi connectivity index (χ0n) is 19.9. The molecule has 1 atom stereocenters. The van der Waals surface area contributed by atoms with Gasteiger partial charge in [0.2, 0.25) is 5.91 Å². The predicted octanol–water partition coefficient (Wildman–Crippen LogP) is 5.59. The molecular weight excluding hydrogens is 531 g/mol. The molecule has 1 unspecified atom stereocenters. The van der Waals surface area contributed by atoms with Gasteiger partial charge in [-0.2, -0.15) is 0 Å². The second kappa shape index (κ2) is 11.3. The predicted molar refractivity (Wildman–Crippen MR) is 147 cm³/mol. The fourth-order valence-corrected chi connectivity index (χ4v) is 4.60. The van der Waals surface area contributed by atoms with Gasteiger partial charge in [-0.25, -0.2) is 9.59 Å². The molecule has 1 aromatic heterocycles. The summed E-state index contributed by atoms with van der Waals surface area (Å²) in [5.74, 6) is -1.03. The Morgan fingerprint density at radius 3 is 2.24 bits per heavy atom. The Morgan fingerprint density at radius 2 is 1.66 bits per heavy atom. The van der Waals surface area contributed by atoms with E-state index in [-0.39, 0.29) is 16.3 Å². The summed E-state index contributed by atoms with van der Waals surface area (Å²) in [5, 5.41) is 16.0. The molecule has 6 N–H and O–H groups in total. The van der Waals surface area contributed by atoms with Crippen molar-refractivity contribution in [1.29, 1.82) is 0 Å². The van der Waals surface area contributed by atoms with E-state index < -0.39 is 23.9 Å². The van der Waals surface area contributed by atoms with Gasteiger partial charge in [0.25, 0.3) is 0 Å². The summed E-state index contributed by atoms with van der Waals surface area (Å²) in [5.41, 5.74) is 7.96. The first-order valence-electron chi connectivity index (χ1n) is 11.2. The number of halogens is 2. The van der Waals surface area contributed by atoms with Crippen molar-refractivity contribution in [3.05, 3.63) is 99.2 Å². The Morgan fingerprint density at radius 1 is 1.03 bits per heavy atom. The van der Waals surface area contributed by atoms with E-state index in [9.17, 15) is 19.5 Å². The number of benzene rings is 3. The number of H-pyrrole nitrogens is 1. The van der Waals surface area contributed by atoms with E-state index in [1.165, 1.54) is 18.2 Å². The second-order valence-corrected chi connectivity index (χ2v) is 9.03. The highest BCUT2D eigenvalue weighted by atomic mass is 35.5. The van der Waals surface area contributed by atoms with Crippen molar-refractivity contribution in [3.8, 4) is 5.75 Å². The number of carboxylic acid groups (broad SMARTS) is 1. The Bertz CT molecular complexity index is 1550. The van der Waals surface area contributed by atoms with Crippen LogP contribution in [-0.4, -0.2) is 35.1 Å². The third kappa shape index (κ3) is 5.91. The lowest BCUT2D eigenvalue weighted by Crippen LogP contribution is -2.33. The fraction of sp³-hybridized carbons (Fsp3) is 0.0741. The van der Waals surface area contributed by atoms with Gasteiger partial charge in [0.15, 0.2) is 0 Å². The average molecular weight is 553 g/mol. The van der Waals surface area contributed by atoms with Crippen LogP contribution in [0.3, 0.4) is 0 Å². The summed E-state index contributed by atoms with van der Waals surface area (Å²) in [6.07, 6.45) is 2.59. The summed E-state index contributed by atoms with van der Waals surface area (Å²) in [6.45, 7) is 0. The number of primary amides is 1. The Labute approximate surface area is 227 Å². The first kappa shape index (κ1) is 26.6. The molecule has 38 heavy (non-hydrogen) atoms. The van der Waals surface area contributed by atoms with E-state index in [0.717, 1.165) is 11.1 Å². The van der Waals surface area contributed by atoms with Crippen molar-refractivity contribution < 1.29 is 24.2 Å². The lowest BCUT2D eigenvalue weighted by Gasteiger charge is -2.19. The van der Waals surface area contributed by atoms with Crippen LogP contribution in [0.15, 0.2) is 66.7 Å². The first-order chi connectivity index (χ1) is 18.2. The molecule has 0 aliphatic rings. The summed E-state index contributed by atoms with van der Waals surface area (Å²) in [6, 6.07) is 15.9. The van der Waals surface area contributed by atoms with Crippen LogP contribution in [0.1, 0.15) is 33.2 Å². The number of anilines is 1. The molecule has 3 amide bonds. The molecule has 0 aliphatic heterocycles. The number of urea groups is 1. The maximum atomic E-state index is 12.6. The number of fused-ring (bicyclic) bond motifs is 1. The molecule has 4 rings (SSSR count). The highest BCUT2D eigenvalue weighted by molar-refractivity contribution is 6.39. The molecule has 9 nitrogen and oxygen atoms in total. The smallest absolute Gasteiger partial charge is 0.352 e. The average Bonchev–Trinajstić information content (AvgIpc) is 3.25. The number of methoxy groups -OCH3 is 1. The normalized spacial score (nSPS) is 11.9. The molecule has 194 valence electrons. The lowest BCUT2D eigenvalue weighted by atomic mass is 9.98. The van der Waals surface area contributed by atoms with Gasteiger partial charge in [-0.3, -0.25) is 4.79 Å². The molecule has 0 fully saturated rings. The van der Waals surface area contributed by atoms with E-state index in [4.69, 9.17) is 33.7 Å². The number of amides is 3. The number of ether oxygens (including phenoxy) is 1. The van der Waals surface area contributed by atoms with E-state index in [1.807, 2.05) is 12.1 Å². The van der Waals surface area contributed by atoms with Gasteiger partial charge in [0.05, 0.1) is 18.2 Å². The third-order valence-electron chi connectivity index (χ3n) is 5.72. The monoisotopic (exact) mass is 552 g/mol. The molecule has 0 bridgehead atoms. The quantitative estimate of drug-likeness (QED) is 0.181. The standard InChI is InChI=1S/C27H22Cl2N4O5/c1-38-18-8-4-15(5-9-18)24(33-27(30)37)14-2-6-17(7-3-14)31-22(34)11-10-19-23-20(29)12-16(28)13-21(23)32-25(19)26(35)36/h2-13,24,32H,1H3,(H,31,34)(H,35,36)(H3,30,33,37)/b11-10+. The number of hydrogen-bond donors (Lipinski definition) is 5. The molecule has 3 aromatic carbocycles. The summed E-state index contributed by atoms with van der Waals surface area (Å²) >= 11 is 12.3. The van der Waals surface area contributed by atoms with Gasteiger partial charge < -0.3 is 31.2 Å². The van der Waals surface area contributed by atoms with Crippen LogP contribution in [-0.2, 0) is 4.79 Å². The van der Waals surface area contributed by atoms with Crippen molar-refractivity contribution in [2.75, 3.05) is 12.4 Å². The van der Waals surface area contributed by atoms with Crippen molar-refractivity contribution in [2.24, 2.45) is 5.73 Å². The van der Waals surface area contributed by atoms with E-state index in [0.29, 0.717) is 27.4 Å². The number of aromatic amines is 1. The Hall–Kier alpha value is -4.47. The summed E-state index contributed by atoms with van der Waals surface area (Å²) < 4.78 is 5.18. The van der Waals surface area contributed by atoms with Gasteiger partial charge in [-0.15, -0.1) is 0 Å². The number of carbonyl (C=O) groups is 3. The van der Waals surface area contributed by atoms with Crippen LogP contribution >= 0.6 is 23.2 Å². The Balaban J connectivity index is 1.54. The number of hydrogen-bond acceptors (Lipinski definition) is 4. The maximum absolute atomic E-state index is 12.6. The lowest BCUT2D eigenvalue weighted by molar-refractivity contribution is -0.111. The zero-order valence-corrected chi connectivity index (χ0v) is 21.4. The number of nitrogens with two attached hydrogens (primary N) is 1. The largest absolute Gasteiger partial charge is 0.497 e. The molecule has 0 radical (unpaired) electrons. The van der Waals surface area contributed by atoms with Gasteiger partial charge >= 0.3 is 12.0 Å². The molecule has 0 spiro atoms. The molecule has 0 saturated carbocycles. The van der Waals surface area contributed by atoms with Gasteiger partial charge in [-0.1, -0.05) is 47.5 Å². The van der Waals surface area contributed by atoms with E-state index >= 15 is 0 Å². The van der Waals surface area contributed by atoms with Crippen LogP contribution in [0.5, 0.6) is 5.75 Å². The molecule has 0 saturated heterocycles. The maximum Gasteiger partial charge on any atom is 0.352 e. The van der Waals surface area contributed by atoms with Gasteiger partial charge in [-0.05, 0) is 53.6 Å². The summed E-state index contributed by atoms with van der Waals surface area (Å²) in [4.78, 5) is 38.7. The van der Waals surface area contributed by atoms with Crippen LogP contribution in [0, 0.1) is 0 Å². The third-order valence-corrected chi connectivity index (χ3v) is 6.23. The summed E-state index contributed by atoms with van der Waals surface area (Å²) in [7, 11) is 1.56. The first-order valence-corrected chi connectivity index (χ1v) is 11.9. The van der Waals surface area contributed by atoms with Gasteiger partial charge in [0, 0.05) is 33.3 Å². The van der Waals surface area contributed by atoms with Crippen LogP contribution in [0.2, 0.25) is 10.0 Å².